The SMILES string of the molecule is CCC1CCCN(C(=O)C(C)C(N)=S)CC1. The third-order valence-electron chi connectivity index (χ3n) is 3.53. The van der Waals surface area contributed by atoms with Gasteiger partial charge < -0.3 is 10.6 Å². The minimum Gasteiger partial charge on any atom is -0.393 e. The van der Waals surface area contributed by atoms with E-state index in [0.29, 0.717) is 4.99 Å². The highest BCUT2D eigenvalue weighted by Crippen LogP contribution is 2.21. The van der Waals surface area contributed by atoms with E-state index in [4.69, 9.17) is 18.0 Å². The molecule has 1 rings (SSSR count). The molecule has 1 fully saturated rings. The molecule has 0 aliphatic carbocycles. The largest absolute Gasteiger partial charge is 0.393 e. The zero-order valence-corrected chi connectivity index (χ0v) is 11.1. The second-order valence-electron chi connectivity index (χ2n) is 4.65. The van der Waals surface area contributed by atoms with Gasteiger partial charge in [-0.15, -0.1) is 0 Å². The second kappa shape index (κ2) is 6.18. The van der Waals surface area contributed by atoms with Crippen molar-refractivity contribution in [2.45, 2.75) is 39.5 Å². The fourth-order valence-corrected chi connectivity index (χ4v) is 2.29. The van der Waals surface area contributed by atoms with E-state index >= 15 is 0 Å². The lowest BCUT2D eigenvalue weighted by Gasteiger charge is -2.23. The molecule has 0 aromatic carbocycles. The molecule has 1 amide bonds. The maximum absolute atomic E-state index is 12.0. The van der Waals surface area contributed by atoms with Gasteiger partial charge in [0.05, 0.1) is 10.9 Å². The Morgan fingerprint density at radius 3 is 2.75 bits per heavy atom. The number of carbonyl (C=O) groups is 1. The fourth-order valence-electron chi connectivity index (χ4n) is 2.19. The Balaban J connectivity index is 2.54. The highest BCUT2D eigenvalue weighted by molar-refractivity contribution is 7.80. The average Bonchev–Trinajstić information content (AvgIpc) is 2.51. The second-order valence-corrected chi connectivity index (χ2v) is 5.13. The third-order valence-corrected chi connectivity index (χ3v) is 3.89. The lowest BCUT2D eigenvalue weighted by Crippen LogP contribution is -2.40. The van der Waals surface area contributed by atoms with Gasteiger partial charge in [0.15, 0.2) is 0 Å². The normalized spacial score (nSPS) is 23.6. The third kappa shape index (κ3) is 3.44. The van der Waals surface area contributed by atoms with Crippen LogP contribution in [-0.2, 0) is 4.79 Å². The van der Waals surface area contributed by atoms with Crippen LogP contribution in [0.3, 0.4) is 0 Å². The van der Waals surface area contributed by atoms with Crippen molar-refractivity contribution in [3.05, 3.63) is 0 Å². The standard InChI is InChI=1S/C12H22N2OS/c1-3-10-5-4-7-14(8-6-10)12(15)9(2)11(13)16/h9-10H,3-8H2,1-2H3,(H2,13,16). The van der Waals surface area contributed by atoms with Gasteiger partial charge in [-0.2, -0.15) is 0 Å². The molecule has 0 radical (unpaired) electrons. The number of rotatable bonds is 3. The van der Waals surface area contributed by atoms with Crippen LogP contribution in [0.15, 0.2) is 0 Å². The van der Waals surface area contributed by atoms with Crippen molar-refractivity contribution in [2.24, 2.45) is 17.6 Å². The first-order chi connectivity index (χ1) is 7.56. The van der Waals surface area contributed by atoms with Crippen molar-refractivity contribution < 1.29 is 4.79 Å². The first-order valence-corrected chi connectivity index (χ1v) is 6.55. The van der Waals surface area contributed by atoms with Crippen LogP contribution in [0.25, 0.3) is 0 Å². The van der Waals surface area contributed by atoms with E-state index in [1.807, 2.05) is 4.90 Å². The van der Waals surface area contributed by atoms with E-state index in [-0.39, 0.29) is 11.8 Å². The maximum atomic E-state index is 12.0. The smallest absolute Gasteiger partial charge is 0.232 e. The zero-order valence-electron chi connectivity index (χ0n) is 10.2. The molecule has 1 aliphatic heterocycles. The van der Waals surface area contributed by atoms with Crippen LogP contribution in [0.4, 0.5) is 0 Å². The van der Waals surface area contributed by atoms with E-state index in [9.17, 15) is 4.79 Å². The average molecular weight is 242 g/mol. The zero-order chi connectivity index (χ0) is 12.1. The Bertz CT molecular complexity index is 268. The molecule has 2 atom stereocenters. The topological polar surface area (TPSA) is 46.3 Å². The molecule has 4 heteroatoms. The monoisotopic (exact) mass is 242 g/mol. The Labute approximate surface area is 103 Å². The number of likely N-dealkylation sites (tertiary alicyclic amines) is 1. The van der Waals surface area contributed by atoms with Gasteiger partial charge in [0, 0.05) is 13.1 Å². The summed E-state index contributed by atoms with van der Waals surface area (Å²) < 4.78 is 0. The van der Waals surface area contributed by atoms with Crippen molar-refractivity contribution in [1.82, 2.24) is 4.90 Å². The first kappa shape index (κ1) is 13.4. The number of nitrogens with zero attached hydrogens (tertiary/aromatic N) is 1. The van der Waals surface area contributed by atoms with Crippen LogP contribution in [0.2, 0.25) is 0 Å². The van der Waals surface area contributed by atoms with Gasteiger partial charge in [-0.3, -0.25) is 4.79 Å². The summed E-state index contributed by atoms with van der Waals surface area (Å²) in [7, 11) is 0. The molecule has 2 unspecified atom stereocenters. The summed E-state index contributed by atoms with van der Waals surface area (Å²) in [5, 5.41) is 0. The quantitative estimate of drug-likeness (QED) is 0.769. The number of thiocarbonyl (C=S) groups is 1. The van der Waals surface area contributed by atoms with Crippen LogP contribution in [0.1, 0.15) is 39.5 Å². The van der Waals surface area contributed by atoms with Crippen LogP contribution < -0.4 is 5.73 Å². The molecular weight excluding hydrogens is 220 g/mol. The predicted octanol–water partition coefficient (Wildman–Crippen LogP) is 1.95. The molecule has 16 heavy (non-hydrogen) atoms. The van der Waals surface area contributed by atoms with Crippen molar-refractivity contribution >= 4 is 23.1 Å². The number of amides is 1. The van der Waals surface area contributed by atoms with Crippen LogP contribution in [-0.4, -0.2) is 28.9 Å². The summed E-state index contributed by atoms with van der Waals surface area (Å²) in [4.78, 5) is 14.3. The lowest BCUT2D eigenvalue weighted by atomic mass is 9.98. The van der Waals surface area contributed by atoms with Crippen molar-refractivity contribution in [2.75, 3.05) is 13.1 Å². The van der Waals surface area contributed by atoms with Crippen molar-refractivity contribution in [1.29, 1.82) is 0 Å². The summed E-state index contributed by atoms with van der Waals surface area (Å²) in [5.41, 5.74) is 5.52. The van der Waals surface area contributed by atoms with Gasteiger partial charge in [0.1, 0.15) is 0 Å². The molecule has 1 heterocycles. The number of hydrogen-bond acceptors (Lipinski definition) is 2. The molecule has 2 N–H and O–H groups in total. The van der Waals surface area contributed by atoms with Gasteiger partial charge in [0.2, 0.25) is 5.91 Å². The first-order valence-electron chi connectivity index (χ1n) is 6.14. The molecule has 0 aromatic rings. The molecular formula is C12H22N2OS. The van der Waals surface area contributed by atoms with Crippen LogP contribution in [0, 0.1) is 11.8 Å². The van der Waals surface area contributed by atoms with E-state index in [1.54, 1.807) is 6.92 Å². The fraction of sp³-hybridized carbons (Fsp3) is 0.833. The van der Waals surface area contributed by atoms with E-state index < -0.39 is 0 Å². The van der Waals surface area contributed by atoms with E-state index in [0.717, 1.165) is 31.8 Å². The van der Waals surface area contributed by atoms with Gasteiger partial charge in [-0.25, -0.2) is 0 Å². The molecule has 3 nitrogen and oxygen atoms in total. The van der Waals surface area contributed by atoms with Gasteiger partial charge in [-0.05, 0) is 32.1 Å². The van der Waals surface area contributed by atoms with Gasteiger partial charge in [0.25, 0.3) is 0 Å². The summed E-state index contributed by atoms with van der Waals surface area (Å²) >= 11 is 4.87. The van der Waals surface area contributed by atoms with Crippen molar-refractivity contribution in [3.8, 4) is 0 Å². The molecule has 1 saturated heterocycles. The summed E-state index contributed by atoms with van der Waals surface area (Å²) in [6, 6.07) is 0. The molecule has 92 valence electrons. The van der Waals surface area contributed by atoms with Crippen molar-refractivity contribution in [3.63, 3.8) is 0 Å². The molecule has 0 spiro atoms. The highest BCUT2D eigenvalue weighted by atomic mass is 32.1. The summed E-state index contributed by atoms with van der Waals surface area (Å²) in [6.07, 6.45) is 4.68. The Kier molecular flexibility index (Phi) is 5.19. The maximum Gasteiger partial charge on any atom is 0.232 e. The molecule has 0 bridgehead atoms. The number of nitrogens with two attached hydrogens (primary N) is 1. The molecule has 0 saturated carbocycles. The minimum atomic E-state index is -0.312. The lowest BCUT2D eigenvalue weighted by molar-refractivity contribution is -0.132. The van der Waals surface area contributed by atoms with Gasteiger partial charge >= 0.3 is 0 Å². The summed E-state index contributed by atoms with van der Waals surface area (Å²) in [6.45, 7) is 5.75. The summed E-state index contributed by atoms with van der Waals surface area (Å²) in [5.74, 6) is 0.565. The van der Waals surface area contributed by atoms with Crippen LogP contribution >= 0.6 is 12.2 Å². The predicted molar refractivity (Wildman–Crippen MR) is 70.2 cm³/mol. The molecule has 1 aliphatic rings. The Morgan fingerprint density at radius 2 is 2.19 bits per heavy atom. The van der Waals surface area contributed by atoms with Gasteiger partial charge in [-0.1, -0.05) is 25.6 Å². The number of hydrogen-bond donors (Lipinski definition) is 1. The number of carbonyl (C=O) groups excluding carboxylic acids is 1. The Hall–Kier alpha value is -0.640. The highest BCUT2D eigenvalue weighted by Gasteiger charge is 2.24. The Morgan fingerprint density at radius 1 is 1.50 bits per heavy atom. The van der Waals surface area contributed by atoms with Crippen LogP contribution in [0.5, 0.6) is 0 Å². The van der Waals surface area contributed by atoms with E-state index in [1.165, 1.54) is 12.8 Å². The van der Waals surface area contributed by atoms with E-state index in [2.05, 4.69) is 6.92 Å². The minimum absolute atomic E-state index is 0.101. The molecule has 0 aromatic heterocycles.